The lowest BCUT2D eigenvalue weighted by molar-refractivity contribution is -0.146. The van der Waals surface area contributed by atoms with Crippen molar-refractivity contribution in [3.8, 4) is 11.5 Å². The molecule has 4 aromatic rings. The van der Waals surface area contributed by atoms with Crippen LogP contribution in [0.2, 0.25) is 0 Å². The Morgan fingerprint density at radius 3 is 2.29 bits per heavy atom. The zero-order valence-electron chi connectivity index (χ0n) is 21.2. The normalized spacial score (nSPS) is 13.9. The molecule has 2 heterocycles. The third-order valence-corrected chi connectivity index (χ3v) is 6.77. The molecule has 0 unspecified atom stereocenters. The molecule has 1 saturated heterocycles. The quantitative estimate of drug-likeness (QED) is 0.220. The highest BCUT2D eigenvalue weighted by Crippen LogP contribution is 2.24. The molecule has 1 N–H and O–H groups in total. The van der Waals surface area contributed by atoms with Gasteiger partial charge in [-0.2, -0.15) is 0 Å². The van der Waals surface area contributed by atoms with Crippen molar-refractivity contribution in [2.45, 2.75) is 13.0 Å². The van der Waals surface area contributed by atoms with Gasteiger partial charge in [-0.3, -0.25) is 14.5 Å². The van der Waals surface area contributed by atoms with Crippen LogP contribution in [0.15, 0.2) is 79.0 Å². The van der Waals surface area contributed by atoms with E-state index in [0.717, 1.165) is 30.5 Å². The van der Waals surface area contributed by atoms with Crippen molar-refractivity contribution in [3.05, 3.63) is 95.7 Å². The van der Waals surface area contributed by atoms with Crippen molar-refractivity contribution in [1.29, 1.82) is 0 Å². The topological polar surface area (TPSA) is 91.9 Å². The van der Waals surface area contributed by atoms with Crippen LogP contribution in [0.4, 0.5) is 0 Å². The number of esters is 1. The standard InChI is InChI=1S/C30H29N3O5/c1-37-25-11-12-27-26(18-25)23(19-31-27)17-28(34)30(36)38-24-9-7-22(8-10-24)29(35)33-15-13-32(14-16-33)20-21-5-3-2-4-6-21/h2-12,18-19,31H,13-17,20H2,1H3. The molecule has 1 aliphatic rings. The average Bonchev–Trinajstić information content (AvgIpc) is 3.35. The number of carbonyl (C=O) groups excluding carboxylic acids is 3. The van der Waals surface area contributed by atoms with Gasteiger partial charge in [0.15, 0.2) is 0 Å². The van der Waals surface area contributed by atoms with Crippen molar-refractivity contribution in [2.24, 2.45) is 0 Å². The van der Waals surface area contributed by atoms with Crippen molar-refractivity contribution in [3.63, 3.8) is 0 Å². The number of amides is 1. The van der Waals surface area contributed by atoms with E-state index >= 15 is 0 Å². The Hall–Kier alpha value is -4.43. The van der Waals surface area contributed by atoms with E-state index in [1.807, 2.05) is 41.3 Å². The maximum absolute atomic E-state index is 13.0. The summed E-state index contributed by atoms with van der Waals surface area (Å²) in [7, 11) is 1.57. The van der Waals surface area contributed by atoms with E-state index in [-0.39, 0.29) is 18.1 Å². The Morgan fingerprint density at radius 2 is 1.58 bits per heavy atom. The molecule has 8 nitrogen and oxygen atoms in total. The number of hydrogen-bond donors (Lipinski definition) is 1. The van der Waals surface area contributed by atoms with Gasteiger partial charge in [0, 0.05) is 61.8 Å². The summed E-state index contributed by atoms with van der Waals surface area (Å²) in [6.07, 6.45) is 1.61. The average molecular weight is 512 g/mol. The molecule has 0 aliphatic carbocycles. The molecular weight excluding hydrogens is 482 g/mol. The minimum absolute atomic E-state index is 0.0620. The van der Waals surface area contributed by atoms with E-state index in [0.29, 0.717) is 30.0 Å². The predicted octanol–water partition coefficient (Wildman–Crippen LogP) is 3.85. The summed E-state index contributed by atoms with van der Waals surface area (Å²) in [6, 6.07) is 22.1. The Morgan fingerprint density at radius 1 is 0.868 bits per heavy atom. The summed E-state index contributed by atoms with van der Waals surface area (Å²) < 4.78 is 10.5. The SMILES string of the molecule is COc1ccc2[nH]cc(CC(=O)C(=O)Oc3ccc(C(=O)N4CCN(Cc5ccccc5)CC4)cc3)c2c1. The summed E-state index contributed by atoms with van der Waals surface area (Å²) in [4.78, 5) is 45.2. The lowest BCUT2D eigenvalue weighted by atomic mass is 10.1. The number of rotatable bonds is 8. The second-order valence-corrected chi connectivity index (χ2v) is 9.29. The molecule has 194 valence electrons. The first kappa shape index (κ1) is 25.2. The van der Waals surface area contributed by atoms with Crippen molar-refractivity contribution >= 4 is 28.6 Å². The van der Waals surface area contributed by atoms with Gasteiger partial charge in [-0.05, 0) is 53.6 Å². The first-order valence-corrected chi connectivity index (χ1v) is 12.5. The van der Waals surface area contributed by atoms with Crippen LogP contribution >= 0.6 is 0 Å². The summed E-state index contributed by atoms with van der Waals surface area (Å²) in [6.45, 7) is 3.78. The number of carbonyl (C=O) groups is 3. The van der Waals surface area contributed by atoms with Gasteiger partial charge in [-0.25, -0.2) is 4.79 Å². The molecule has 1 amide bonds. The minimum Gasteiger partial charge on any atom is -0.497 e. The number of aromatic amines is 1. The maximum Gasteiger partial charge on any atom is 0.380 e. The fraction of sp³-hybridized carbons (Fsp3) is 0.233. The molecule has 1 aromatic heterocycles. The highest BCUT2D eigenvalue weighted by Gasteiger charge is 2.23. The molecule has 8 heteroatoms. The van der Waals surface area contributed by atoms with Crippen LogP contribution in [0.5, 0.6) is 11.5 Å². The molecule has 5 rings (SSSR count). The molecule has 0 saturated carbocycles. The number of benzene rings is 3. The van der Waals surface area contributed by atoms with Gasteiger partial charge in [0.2, 0.25) is 5.78 Å². The zero-order chi connectivity index (χ0) is 26.5. The number of Topliss-reactive ketones (excluding diaryl/α,β-unsaturated/α-hetero) is 1. The van der Waals surface area contributed by atoms with Gasteiger partial charge in [-0.15, -0.1) is 0 Å². The predicted molar refractivity (Wildman–Crippen MR) is 143 cm³/mol. The summed E-state index contributed by atoms with van der Waals surface area (Å²) in [5, 5.41) is 0.814. The summed E-state index contributed by atoms with van der Waals surface area (Å²) in [5.41, 5.74) is 3.31. The smallest absolute Gasteiger partial charge is 0.380 e. The number of fused-ring (bicyclic) bond motifs is 1. The molecular formula is C30H29N3O5. The lowest BCUT2D eigenvalue weighted by Gasteiger charge is -2.34. The van der Waals surface area contributed by atoms with Crippen LogP contribution in [0.1, 0.15) is 21.5 Å². The van der Waals surface area contributed by atoms with Gasteiger partial charge in [0.25, 0.3) is 5.91 Å². The van der Waals surface area contributed by atoms with Gasteiger partial charge in [0.1, 0.15) is 11.5 Å². The second-order valence-electron chi connectivity index (χ2n) is 9.29. The van der Waals surface area contributed by atoms with E-state index in [1.54, 1.807) is 37.6 Å². The van der Waals surface area contributed by atoms with Crippen LogP contribution < -0.4 is 9.47 Å². The third kappa shape index (κ3) is 5.76. The number of piperazine rings is 1. The minimum atomic E-state index is -0.948. The fourth-order valence-electron chi connectivity index (χ4n) is 4.64. The molecule has 3 aromatic carbocycles. The number of ether oxygens (including phenoxy) is 2. The number of hydrogen-bond acceptors (Lipinski definition) is 6. The number of H-pyrrole nitrogens is 1. The number of ketones is 1. The van der Waals surface area contributed by atoms with Crippen LogP contribution in [0, 0.1) is 0 Å². The second kappa shape index (κ2) is 11.3. The van der Waals surface area contributed by atoms with Crippen LogP contribution in [0.3, 0.4) is 0 Å². The van der Waals surface area contributed by atoms with E-state index in [9.17, 15) is 14.4 Å². The van der Waals surface area contributed by atoms with Gasteiger partial charge in [0.05, 0.1) is 7.11 Å². The van der Waals surface area contributed by atoms with Crippen molar-refractivity contribution in [1.82, 2.24) is 14.8 Å². The highest BCUT2D eigenvalue weighted by molar-refractivity contribution is 6.35. The Labute approximate surface area is 220 Å². The fourth-order valence-corrected chi connectivity index (χ4v) is 4.64. The molecule has 0 spiro atoms. The molecule has 1 aliphatic heterocycles. The number of aromatic nitrogens is 1. The largest absolute Gasteiger partial charge is 0.497 e. The maximum atomic E-state index is 13.0. The Balaban J connectivity index is 1.13. The Kier molecular flexibility index (Phi) is 7.51. The molecule has 38 heavy (non-hydrogen) atoms. The zero-order valence-corrected chi connectivity index (χ0v) is 21.2. The first-order valence-electron chi connectivity index (χ1n) is 12.5. The van der Waals surface area contributed by atoms with Crippen molar-refractivity contribution < 1.29 is 23.9 Å². The van der Waals surface area contributed by atoms with E-state index in [1.165, 1.54) is 5.56 Å². The van der Waals surface area contributed by atoms with Gasteiger partial charge in [-0.1, -0.05) is 30.3 Å². The number of methoxy groups -OCH3 is 1. The van der Waals surface area contributed by atoms with E-state index in [4.69, 9.17) is 9.47 Å². The number of nitrogens with one attached hydrogen (secondary N) is 1. The highest BCUT2D eigenvalue weighted by atomic mass is 16.5. The third-order valence-electron chi connectivity index (χ3n) is 6.77. The lowest BCUT2D eigenvalue weighted by Crippen LogP contribution is -2.48. The van der Waals surface area contributed by atoms with Gasteiger partial charge >= 0.3 is 5.97 Å². The first-order chi connectivity index (χ1) is 18.5. The van der Waals surface area contributed by atoms with E-state index in [2.05, 4.69) is 22.0 Å². The van der Waals surface area contributed by atoms with Crippen LogP contribution in [-0.4, -0.2) is 65.7 Å². The summed E-state index contributed by atoms with van der Waals surface area (Å²) >= 11 is 0. The monoisotopic (exact) mass is 511 g/mol. The molecule has 0 radical (unpaired) electrons. The molecule has 0 atom stereocenters. The number of nitrogens with zero attached hydrogens (tertiary/aromatic N) is 2. The van der Waals surface area contributed by atoms with Crippen LogP contribution in [0.25, 0.3) is 10.9 Å². The van der Waals surface area contributed by atoms with Crippen LogP contribution in [-0.2, 0) is 22.6 Å². The molecule has 0 bridgehead atoms. The summed E-state index contributed by atoms with van der Waals surface area (Å²) in [5.74, 6) is -0.795. The Bertz CT molecular complexity index is 1440. The molecule has 1 fully saturated rings. The van der Waals surface area contributed by atoms with Gasteiger partial charge < -0.3 is 19.4 Å². The van der Waals surface area contributed by atoms with E-state index < -0.39 is 11.8 Å². The van der Waals surface area contributed by atoms with Crippen molar-refractivity contribution in [2.75, 3.05) is 33.3 Å².